The van der Waals surface area contributed by atoms with Crippen LogP contribution in [0.2, 0.25) is 0 Å². The maximum Gasteiger partial charge on any atom is 0.174 e. The predicted octanol–water partition coefficient (Wildman–Crippen LogP) is 4.79. The van der Waals surface area contributed by atoms with Gasteiger partial charge < -0.3 is 5.11 Å². The topological polar surface area (TPSA) is 54.4 Å². The van der Waals surface area contributed by atoms with Crippen LogP contribution in [0, 0.1) is 0 Å². The minimum Gasteiger partial charge on any atom is -0.507 e. The number of hydrogen-bond donors (Lipinski definition) is 1. The number of rotatable bonds is 5. The van der Waals surface area contributed by atoms with E-state index in [9.17, 15) is 14.7 Å². The molecule has 0 aromatic heterocycles. The van der Waals surface area contributed by atoms with Crippen molar-refractivity contribution in [1.82, 2.24) is 0 Å². The van der Waals surface area contributed by atoms with Gasteiger partial charge in [-0.2, -0.15) is 0 Å². The smallest absolute Gasteiger partial charge is 0.174 e. The summed E-state index contributed by atoms with van der Waals surface area (Å²) in [6.45, 7) is 9.89. The Morgan fingerprint density at radius 1 is 1.04 bits per heavy atom. The van der Waals surface area contributed by atoms with E-state index in [1.165, 1.54) is 12.1 Å². The number of carbonyl (C=O) groups is 2. The fraction of sp³-hybridized carbons (Fsp3) is 0.238. The minimum absolute atomic E-state index is 0.00825. The van der Waals surface area contributed by atoms with Crippen molar-refractivity contribution in [2.75, 3.05) is 0 Å². The zero-order valence-corrected chi connectivity index (χ0v) is 14.3. The summed E-state index contributed by atoms with van der Waals surface area (Å²) in [4.78, 5) is 24.7. The zero-order chi connectivity index (χ0) is 17.9. The summed E-state index contributed by atoms with van der Waals surface area (Å²) in [5, 5.41) is 10.1. The van der Waals surface area contributed by atoms with Crippen LogP contribution in [0.1, 0.15) is 59.0 Å². The van der Waals surface area contributed by atoms with Crippen LogP contribution in [0.25, 0.3) is 6.08 Å². The standard InChI is InChI=1S/C21H22O3/c1-5-14-7-6-8-17(20(14)24)19(23)13-18(22)15-9-11-16(12-10-15)21(2,3)4/h5-12,24H,1,13H2,2-4H3. The molecule has 0 bridgehead atoms. The Kier molecular flexibility index (Phi) is 5.03. The molecule has 2 aromatic rings. The highest BCUT2D eigenvalue weighted by Crippen LogP contribution is 2.26. The third-order valence-electron chi connectivity index (χ3n) is 3.98. The molecule has 0 atom stereocenters. The monoisotopic (exact) mass is 322 g/mol. The predicted molar refractivity (Wildman–Crippen MR) is 96.6 cm³/mol. The maximum absolute atomic E-state index is 12.3. The van der Waals surface area contributed by atoms with Gasteiger partial charge in [-0.3, -0.25) is 9.59 Å². The molecule has 1 N–H and O–H groups in total. The van der Waals surface area contributed by atoms with E-state index in [-0.39, 0.29) is 28.9 Å². The lowest BCUT2D eigenvalue weighted by atomic mass is 9.86. The summed E-state index contributed by atoms with van der Waals surface area (Å²) >= 11 is 0. The highest BCUT2D eigenvalue weighted by atomic mass is 16.3. The average molecular weight is 322 g/mol. The number of phenols is 1. The van der Waals surface area contributed by atoms with Crippen LogP contribution in [0.4, 0.5) is 0 Å². The van der Waals surface area contributed by atoms with Gasteiger partial charge in [0, 0.05) is 11.1 Å². The molecule has 24 heavy (non-hydrogen) atoms. The molecule has 0 aliphatic rings. The van der Waals surface area contributed by atoms with Crippen molar-refractivity contribution in [1.29, 1.82) is 0 Å². The normalized spacial score (nSPS) is 11.1. The Hall–Kier alpha value is -2.68. The van der Waals surface area contributed by atoms with Gasteiger partial charge >= 0.3 is 0 Å². The molecule has 0 saturated heterocycles. The number of aromatic hydroxyl groups is 1. The Balaban J connectivity index is 2.18. The summed E-state index contributed by atoms with van der Waals surface area (Å²) < 4.78 is 0. The first-order valence-corrected chi connectivity index (χ1v) is 7.85. The molecule has 0 fully saturated rings. The van der Waals surface area contributed by atoms with Crippen LogP contribution in [-0.4, -0.2) is 16.7 Å². The molecule has 124 valence electrons. The second-order valence-corrected chi connectivity index (χ2v) is 6.80. The Bertz CT molecular complexity index is 778. The Morgan fingerprint density at radius 2 is 1.67 bits per heavy atom. The quantitative estimate of drug-likeness (QED) is 0.636. The molecule has 0 saturated carbocycles. The van der Waals surface area contributed by atoms with Crippen molar-refractivity contribution in [3.05, 3.63) is 71.3 Å². The van der Waals surface area contributed by atoms with Gasteiger partial charge in [-0.1, -0.05) is 69.8 Å². The van der Waals surface area contributed by atoms with Gasteiger partial charge in [0.2, 0.25) is 0 Å². The molecule has 2 aromatic carbocycles. The van der Waals surface area contributed by atoms with E-state index >= 15 is 0 Å². The fourth-order valence-electron chi connectivity index (χ4n) is 2.45. The lowest BCUT2D eigenvalue weighted by Crippen LogP contribution is -2.12. The first-order chi connectivity index (χ1) is 11.2. The van der Waals surface area contributed by atoms with Crippen LogP contribution in [0.3, 0.4) is 0 Å². The number of benzene rings is 2. The van der Waals surface area contributed by atoms with Crippen LogP contribution in [0.5, 0.6) is 5.75 Å². The first-order valence-electron chi connectivity index (χ1n) is 7.85. The molecule has 3 nitrogen and oxygen atoms in total. The van der Waals surface area contributed by atoms with Crippen LogP contribution in [-0.2, 0) is 5.41 Å². The molecule has 3 heteroatoms. The lowest BCUT2D eigenvalue weighted by molar-refractivity contribution is 0.0893. The van der Waals surface area contributed by atoms with E-state index in [0.717, 1.165) is 5.56 Å². The highest BCUT2D eigenvalue weighted by molar-refractivity contribution is 6.14. The van der Waals surface area contributed by atoms with Crippen LogP contribution in [0.15, 0.2) is 49.0 Å². The van der Waals surface area contributed by atoms with Crippen molar-refractivity contribution in [3.8, 4) is 5.75 Å². The van der Waals surface area contributed by atoms with Gasteiger partial charge in [0.05, 0.1) is 12.0 Å². The minimum atomic E-state index is -0.402. The summed E-state index contributed by atoms with van der Waals surface area (Å²) in [6.07, 6.45) is 1.20. The number of phenolic OH excluding ortho intramolecular Hbond substituents is 1. The van der Waals surface area contributed by atoms with E-state index < -0.39 is 5.78 Å². The van der Waals surface area contributed by atoms with Crippen molar-refractivity contribution in [2.24, 2.45) is 0 Å². The fourth-order valence-corrected chi connectivity index (χ4v) is 2.45. The number of hydrogen-bond acceptors (Lipinski definition) is 3. The maximum atomic E-state index is 12.3. The SMILES string of the molecule is C=Cc1cccc(C(=O)CC(=O)c2ccc(C(C)(C)C)cc2)c1O. The van der Waals surface area contributed by atoms with Crippen LogP contribution < -0.4 is 0 Å². The van der Waals surface area contributed by atoms with E-state index in [2.05, 4.69) is 27.4 Å². The van der Waals surface area contributed by atoms with E-state index in [0.29, 0.717) is 11.1 Å². The second-order valence-electron chi connectivity index (χ2n) is 6.80. The van der Waals surface area contributed by atoms with Crippen LogP contribution >= 0.6 is 0 Å². The third-order valence-corrected chi connectivity index (χ3v) is 3.98. The van der Waals surface area contributed by atoms with Gasteiger partial charge in [0.1, 0.15) is 5.75 Å². The molecule has 2 rings (SSSR count). The van der Waals surface area contributed by atoms with E-state index in [4.69, 9.17) is 0 Å². The summed E-state index contributed by atoms with van der Waals surface area (Å²) in [5.74, 6) is -0.793. The zero-order valence-electron chi connectivity index (χ0n) is 14.3. The number of para-hydroxylation sites is 1. The van der Waals surface area contributed by atoms with Gasteiger partial charge in [0.15, 0.2) is 11.6 Å². The molecule has 0 heterocycles. The van der Waals surface area contributed by atoms with Crippen molar-refractivity contribution in [3.63, 3.8) is 0 Å². The first kappa shape index (κ1) is 17.7. The van der Waals surface area contributed by atoms with Gasteiger partial charge in [-0.25, -0.2) is 0 Å². The number of carbonyl (C=O) groups excluding carboxylic acids is 2. The third kappa shape index (κ3) is 3.80. The molecular formula is C21H22O3. The summed E-state index contributed by atoms with van der Waals surface area (Å²) in [7, 11) is 0. The summed E-state index contributed by atoms with van der Waals surface area (Å²) in [6, 6.07) is 12.1. The lowest BCUT2D eigenvalue weighted by Gasteiger charge is -2.18. The Labute approximate surface area is 142 Å². The number of Topliss-reactive ketones (excluding diaryl/α,β-unsaturated/α-hetero) is 2. The highest BCUT2D eigenvalue weighted by Gasteiger charge is 2.19. The molecule has 0 aliphatic carbocycles. The van der Waals surface area contributed by atoms with E-state index in [1.54, 1.807) is 24.3 Å². The van der Waals surface area contributed by atoms with Crippen molar-refractivity contribution >= 4 is 17.6 Å². The Morgan fingerprint density at radius 3 is 2.21 bits per heavy atom. The van der Waals surface area contributed by atoms with Crippen molar-refractivity contribution < 1.29 is 14.7 Å². The molecule has 0 unspecified atom stereocenters. The average Bonchev–Trinajstić information content (AvgIpc) is 2.54. The second kappa shape index (κ2) is 6.83. The molecule has 0 amide bonds. The molecule has 0 spiro atoms. The van der Waals surface area contributed by atoms with Gasteiger partial charge in [-0.15, -0.1) is 0 Å². The summed E-state index contributed by atoms with van der Waals surface area (Å²) in [5.41, 5.74) is 2.25. The molecular weight excluding hydrogens is 300 g/mol. The molecule has 0 aliphatic heterocycles. The number of ketones is 2. The largest absolute Gasteiger partial charge is 0.507 e. The van der Waals surface area contributed by atoms with Crippen molar-refractivity contribution in [2.45, 2.75) is 32.6 Å². The van der Waals surface area contributed by atoms with Gasteiger partial charge in [0.25, 0.3) is 0 Å². The van der Waals surface area contributed by atoms with E-state index in [1.807, 2.05) is 12.1 Å². The molecule has 0 radical (unpaired) electrons. The van der Waals surface area contributed by atoms with Gasteiger partial charge in [-0.05, 0) is 17.0 Å².